The number of hydrogen-bond donors (Lipinski definition) is 3. The smallest absolute Gasteiger partial charge is 0.265 e. The Kier molecular flexibility index (Phi) is 7.00. The van der Waals surface area contributed by atoms with Crippen LogP contribution >= 0.6 is 11.3 Å². The number of carbonyl (C=O) groups excluding carboxylic acids is 1. The SMILES string of the molecule is C=C(C)[C@@H](C(=O)NCCCO)n1cc(COc2ccc3nc(S(N)(=O)=O)sc3c2)nn1. The molecule has 0 unspecified atom stereocenters. The molecule has 0 aliphatic carbocycles. The molecule has 0 aliphatic rings. The van der Waals surface area contributed by atoms with Crippen molar-refractivity contribution in [2.75, 3.05) is 13.2 Å². The number of nitrogens with one attached hydrogen (secondary N) is 1. The number of aromatic nitrogens is 4. The minimum absolute atomic E-state index is 0.0144. The largest absolute Gasteiger partial charge is 0.487 e. The fourth-order valence-electron chi connectivity index (χ4n) is 2.72. The van der Waals surface area contributed by atoms with E-state index in [0.717, 1.165) is 11.3 Å². The van der Waals surface area contributed by atoms with Gasteiger partial charge in [0.2, 0.25) is 10.2 Å². The number of fused-ring (bicyclic) bond motifs is 1. The number of rotatable bonds is 10. The van der Waals surface area contributed by atoms with Gasteiger partial charge in [-0.25, -0.2) is 23.2 Å². The molecule has 1 amide bonds. The van der Waals surface area contributed by atoms with Crippen molar-refractivity contribution in [1.29, 1.82) is 0 Å². The number of sulfonamides is 1. The van der Waals surface area contributed by atoms with Crippen LogP contribution in [0.3, 0.4) is 0 Å². The summed E-state index contributed by atoms with van der Waals surface area (Å²) in [4.78, 5) is 16.4. The van der Waals surface area contributed by atoms with E-state index in [-0.39, 0.29) is 23.5 Å². The molecule has 2 heterocycles. The number of carbonyl (C=O) groups is 1. The second kappa shape index (κ2) is 9.51. The molecule has 0 saturated carbocycles. The normalized spacial score (nSPS) is 12.6. The first-order valence-corrected chi connectivity index (χ1v) is 11.6. The van der Waals surface area contributed by atoms with Crippen LogP contribution in [0.25, 0.3) is 10.2 Å². The molecule has 0 bridgehead atoms. The molecular formula is C18H22N6O5S2. The van der Waals surface area contributed by atoms with Crippen molar-refractivity contribution >= 4 is 37.5 Å². The molecule has 0 saturated heterocycles. The minimum atomic E-state index is -3.87. The van der Waals surface area contributed by atoms with Crippen LogP contribution in [0.1, 0.15) is 25.1 Å². The molecule has 4 N–H and O–H groups in total. The summed E-state index contributed by atoms with van der Waals surface area (Å²) in [6.07, 6.45) is 2.04. The van der Waals surface area contributed by atoms with Crippen LogP contribution in [-0.4, -0.2) is 52.6 Å². The van der Waals surface area contributed by atoms with E-state index in [0.29, 0.717) is 40.2 Å². The van der Waals surface area contributed by atoms with E-state index in [9.17, 15) is 13.2 Å². The summed E-state index contributed by atoms with van der Waals surface area (Å²) in [5.74, 6) is 0.199. The highest BCUT2D eigenvalue weighted by atomic mass is 32.2. The second-order valence-corrected chi connectivity index (χ2v) is 9.52. The zero-order chi connectivity index (χ0) is 22.6. The number of thiazole rings is 1. The van der Waals surface area contributed by atoms with Gasteiger partial charge in [0, 0.05) is 13.2 Å². The van der Waals surface area contributed by atoms with Crippen LogP contribution in [-0.2, 0) is 21.4 Å². The predicted octanol–water partition coefficient (Wildman–Crippen LogP) is 0.730. The summed E-state index contributed by atoms with van der Waals surface area (Å²) in [5.41, 5.74) is 1.58. The minimum Gasteiger partial charge on any atom is -0.487 e. The molecule has 13 heteroatoms. The molecule has 0 fully saturated rings. The standard InChI is InChI=1S/C18H22N6O5S2/c1-11(2)16(17(26)20-6-3-7-25)24-9-12(22-23-24)10-29-13-4-5-14-15(8-13)30-18(21-14)31(19,27)28/h4-5,8-9,16,25H,1,3,6-7,10H2,2H3,(H,20,26)(H2,19,27,28)/t16-/m0/s1. The first-order valence-electron chi connectivity index (χ1n) is 9.20. The van der Waals surface area contributed by atoms with Gasteiger partial charge in [-0.3, -0.25) is 4.79 Å². The maximum absolute atomic E-state index is 12.4. The molecule has 31 heavy (non-hydrogen) atoms. The number of hydrogen-bond acceptors (Lipinski definition) is 9. The Bertz CT molecular complexity index is 1200. The van der Waals surface area contributed by atoms with Crippen molar-refractivity contribution in [2.24, 2.45) is 5.14 Å². The molecule has 0 aliphatic heterocycles. The Labute approximate surface area is 182 Å². The number of benzene rings is 1. The van der Waals surface area contributed by atoms with Crippen LogP contribution in [0.15, 0.2) is 40.9 Å². The van der Waals surface area contributed by atoms with Gasteiger partial charge < -0.3 is 15.2 Å². The van der Waals surface area contributed by atoms with E-state index in [1.807, 2.05) is 0 Å². The van der Waals surface area contributed by atoms with Gasteiger partial charge in [-0.2, -0.15) is 0 Å². The second-order valence-electron chi connectivity index (χ2n) is 6.75. The fourth-order valence-corrected chi connectivity index (χ4v) is 4.40. The summed E-state index contributed by atoms with van der Waals surface area (Å²) in [6, 6.07) is 4.23. The predicted molar refractivity (Wildman–Crippen MR) is 114 cm³/mol. The summed E-state index contributed by atoms with van der Waals surface area (Å²) < 4.78 is 30.5. The summed E-state index contributed by atoms with van der Waals surface area (Å²) >= 11 is 0.957. The molecular weight excluding hydrogens is 444 g/mol. The number of aliphatic hydroxyl groups is 1. The first-order chi connectivity index (χ1) is 14.7. The van der Waals surface area contributed by atoms with Crippen molar-refractivity contribution in [3.05, 3.63) is 42.2 Å². The van der Waals surface area contributed by atoms with Gasteiger partial charge in [0.15, 0.2) is 6.04 Å². The van der Waals surface area contributed by atoms with Gasteiger partial charge in [-0.1, -0.05) is 11.8 Å². The number of amides is 1. The molecule has 166 valence electrons. The molecule has 3 aromatic rings. The quantitative estimate of drug-likeness (QED) is 0.291. The third-order valence-electron chi connectivity index (χ3n) is 4.14. The maximum Gasteiger partial charge on any atom is 0.265 e. The topological polar surface area (TPSA) is 162 Å². The van der Waals surface area contributed by atoms with Gasteiger partial charge in [0.25, 0.3) is 10.0 Å². The van der Waals surface area contributed by atoms with Crippen LogP contribution in [0, 0.1) is 0 Å². The average Bonchev–Trinajstić information content (AvgIpc) is 3.33. The maximum atomic E-state index is 12.4. The van der Waals surface area contributed by atoms with Crippen molar-refractivity contribution < 1.29 is 23.1 Å². The van der Waals surface area contributed by atoms with Crippen LogP contribution in [0.5, 0.6) is 5.75 Å². The molecule has 1 atom stereocenters. The van der Waals surface area contributed by atoms with Gasteiger partial charge in [0.05, 0.1) is 16.4 Å². The van der Waals surface area contributed by atoms with Crippen molar-refractivity contribution in [2.45, 2.75) is 30.3 Å². The van der Waals surface area contributed by atoms with E-state index >= 15 is 0 Å². The van der Waals surface area contributed by atoms with E-state index in [1.165, 1.54) is 4.68 Å². The van der Waals surface area contributed by atoms with E-state index in [4.69, 9.17) is 15.0 Å². The fraction of sp³-hybridized carbons (Fsp3) is 0.333. The number of aliphatic hydroxyl groups excluding tert-OH is 1. The Hall–Kier alpha value is -2.87. The third kappa shape index (κ3) is 5.64. The zero-order valence-electron chi connectivity index (χ0n) is 16.7. The van der Waals surface area contributed by atoms with Gasteiger partial charge in [-0.05, 0) is 37.1 Å². The monoisotopic (exact) mass is 466 g/mol. The molecule has 3 rings (SSSR count). The average molecular weight is 467 g/mol. The lowest BCUT2D eigenvalue weighted by molar-refractivity contribution is -0.123. The summed E-state index contributed by atoms with van der Waals surface area (Å²) in [7, 11) is -3.87. The molecule has 1 aromatic carbocycles. The van der Waals surface area contributed by atoms with Crippen molar-refractivity contribution in [1.82, 2.24) is 25.3 Å². The van der Waals surface area contributed by atoms with Crippen molar-refractivity contribution in [3.63, 3.8) is 0 Å². The molecule has 0 radical (unpaired) electrons. The van der Waals surface area contributed by atoms with E-state index in [2.05, 4.69) is 27.2 Å². The highest BCUT2D eigenvalue weighted by molar-refractivity contribution is 7.91. The zero-order valence-corrected chi connectivity index (χ0v) is 18.3. The third-order valence-corrected chi connectivity index (χ3v) is 6.48. The summed E-state index contributed by atoms with van der Waals surface area (Å²) in [5, 5.41) is 24.7. The van der Waals surface area contributed by atoms with Gasteiger partial charge in [-0.15, -0.1) is 16.4 Å². The van der Waals surface area contributed by atoms with E-state index in [1.54, 1.807) is 31.3 Å². The number of primary sulfonamides is 1. The van der Waals surface area contributed by atoms with Gasteiger partial charge in [0.1, 0.15) is 18.1 Å². The Balaban J connectivity index is 1.69. The van der Waals surface area contributed by atoms with E-state index < -0.39 is 16.1 Å². The summed E-state index contributed by atoms with van der Waals surface area (Å²) in [6.45, 7) is 5.98. The lowest BCUT2D eigenvalue weighted by Crippen LogP contribution is -2.34. The van der Waals surface area contributed by atoms with Crippen LogP contribution < -0.4 is 15.2 Å². The van der Waals surface area contributed by atoms with Crippen molar-refractivity contribution in [3.8, 4) is 5.75 Å². The highest BCUT2D eigenvalue weighted by Crippen LogP contribution is 2.28. The number of nitrogens with zero attached hydrogens (tertiary/aromatic N) is 4. The number of nitrogens with two attached hydrogens (primary N) is 1. The highest BCUT2D eigenvalue weighted by Gasteiger charge is 2.22. The first kappa shape index (κ1) is 22.8. The Morgan fingerprint density at radius 3 is 2.90 bits per heavy atom. The van der Waals surface area contributed by atoms with Crippen LogP contribution in [0.4, 0.5) is 0 Å². The Morgan fingerprint density at radius 1 is 1.45 bits per heavy atom. The number of ether oxygens (including phenoxy) is 1. The molecule has 11 nitrogen and oxygen atoms in total. The molecule has 2 aromatic heterocycles. The Morgan fingerprint density at radius 2 is 2.23 bits per heavy atom. The lowest BCUT2D eigenvalue weighted by atomic mass is 10.1. The van der Waals surface area contributed by atoms with Crippen LogP contribution in [0.2, 0.25) is 0 Å². The lowest BCUT2D eigenvalue weighted by Gasteiger charge is -2.16. The molecule has 0 spiro atoms. The van der Waals surface area contributed by atoms with Gasteiger partial charge >= 0.3 is 0 Å².